The number of hydrogen-bond acceptors (Lipinski definition) is 3. The van der Waals surface area contributed by atoms with E-state index in [0.717, 1.165) is 10.3 Å². The first-order valence-corrected chi connectivity index (χ1v) is 7.18. The largest absolute Gasteiger partial charge is 0.350 e. The van der Waals surface area contributed by atoms with Crippen molar-refractivity contribution in [3.63, 3.8) is 0 Å². The molecule has 0 aliphatic rings. The number of nitrogens with one attached hydrogen (secondary N) is 2. The minimum Gasteiger partial charge on any atom is -0.350 e. The number of hydrogen-bond donors (Lipinski definition) is 2. The van der Waals surface area contributed by atoms with Crippen molar-refractivity contribution in [2.24, 2.45) is 0 Å². The molecule has 0 bridgehead atoms. The lowest BCUT2D eigenvalue weighted by molar-refractivity contribution is -0.124. The van der Waals surface area contributed by atoms with Gasteiger partial charge in [-0.05, 0) is 55.8 Å². The molecule has 0 radical (unpaired) electrons. The van der Waals surface area contributed by atoms with Crippen molar-refractivity contribution in [1.82, 2.24) is 10.6 Å². The summed E-state index contributed by atoms with van der Waals surface area (Å²) in [5.74, 6) is 0.0353. The smallest absolute Gasteiger partial charge is 0.237 e. The second kappa shape index (κ2) is 5.98. The van der Waals surface area contributed by atoms with Crippen LogP contribution in [0.4, 0.5) is 0 Å². The van der Waals surface area contributed by atoms with Crippen molar-refractivity contribution in [1.29, 1.82) is 0 Å². The molecule has 1 heterocycles. The first-order chi connectivity index (χ1) is 7.78. The van der Waals surface area contributed by atoms with Crippen LogP contribution in [0.2, 0.25) is 0 Å². The van der Waals surface area contributed by atoms with Crippen LogP contribution in [-0.4, -0.2) is 17.5 Å². The van der Waals surface area contributed by atoms with Gasteiger partial charge in [0, 0.05) is 17.0 Å². The molecule has 5 heteroatoms. The molecule has 0 aliphatic heterocycles. The van der Waals surface area contributed by atoms with Crippen LogP contribution in [0.1, 0.15) is 32.6 Å². The van der Waals surface area contributed by atoms with Gasteiger partial charge in [0.25, 0.3) is 0 Å². The zero-order valence-electron chi connectivity index (χ0n) is 10.6. The van der Waals surface area contributed by atoms with E-state index < -0.39 is 0 Å². The molecule has 1 aromatic rings. The number of carbonyl (C=O) groups is 1. The second-order valence-electron chi connectivity index (χ2n) is 5.05. The number of amides is 1. The molecule has 0 aromatic carbocycles. The highest BCUT2D eigenvalue weighted by Crippen LogP contribution is 2.21. The van der Waals surface area contributed by atoms with E-state index >= 15 is 0 Å². The Morgan fingerprint density at radius 1 is 1.47 bits per heavy atom. The zero-order chi connectivity index (χ0) is 13.1. The van der Waals surface area contributed by atoms with Crippen molar-refractivity contribution in [3.8, 4) is 0 Å². The van der Waals surface area contributed by atoms with Crippen LogP contribution in [0.3, 0.4) is 0 Å². The average Bonchev–Trinajstić information content (AvgIpc) is 2.58. The maximum absolute atomic E-state index is 11.8. The predicted molar refractivity (Wildman–Crippen MR) is 76.2 cm³/mol. The highest BCUT2D eigenvalue weighted by molar-refractivity contribution is 9.11. The average molecular weight is 319 g/mol. The number of rotatable bonds is 4. The molecule has 0 saturated carbocycles. The van der Waals surface area contributed by atoms with Gasteiger partial charge in [0.1, 0.15) is 0 Å². The van der Waals surface area contributed by atoms with Crippen LogP contribution in [0, 0.1) is 0 Å². The first-order valence-electron chi connectivity index (χ1n) is 5.57. The minimum atomic E-state index is -0.185. The molecule has 17 heavy (non-hydrogen) atoms. The van der Waals surface area contributed by atoms with Gasteiger partial charge < -0.3 is 10.6 Å². The molecule has 1 rings (SSSR count). The third kappa shape index (κ3) is 5.66. The van der Waals surface area contributed by atoms with Crippen molar-refractivity contribution >= 4 is 33.2 Å². The lowest BCUT2D eigenvalue weighted by atomic mass is 10.1. The maximum atomic E-state index is 11.8. The monoisotopic (exact) mass is 318 g/mol. The van der Waals surface area contributed by atoms with Crippen molar-refractivity contribution < 1.29 is 4.79 Å². The van der Waals surface area contributed by atoms with Gasteiger partial charge in [0.05, 0.1) is 9.83 Å². The van der Waals surface area contributed by atoms with Gasteiger partial charge in [-0.1, -0.05) is 0 Å². The summed E-state index contributed by atoms with van der Waals surface area (Å²) in [6.45, 7) is 8.54. The molecular weight excluding hydrogens is 300 g/mol. The van der Waals surface area contributed by atoms with Crippen LogP contribution < -0.4 is 10.6 Å². The lowest BCUT2D eigenvalue weighted by Crippen LogP contribution is -2.49. The van der Waals surface area contributed by atoms with E-state index in [2.05, 4.69) is 32.6 Å². The molecule has 2 N–H and O–H groups in total. The third-order valence-electron chi connectivity index (χ3n) is 2.10. The Kier molecular flexibility index (Phi) is 5.16. The molecule has 3 nitrogen and oxygen atoms in total. The van der Waals surface area contributed by atoms with Crippen molar-refractivity contribution in [2.75, 3.05) is 0 Å². The summed E-state index contributed by atoms with van der Waals surface area (Å²) in [4.78, 5) is 13.0. The van der Waals surface area contributed by atoms with E-state index in [0.29, 0.717) is 0 Å². The van der Waals surface area contributed by atoms with Crippen LogP contribution >= 0.6 is 27.3 Å². The van der Waals surface area contributed by atoms with E-state index in [4.69, 9.17) is 0 Å². The van der Waals surface area contributed by atoms with E-state index in [9.17, 15) is 4.79 Å². The molecule has 1 unspecified atom stereocenters. The minimum absolute atomic E-state index is 0.0353. The number of halogens is 1. The topological polar surface area (TPSA) is 41.1 Å². The fraction of sp³-hybridized carbons (Fsp3) is 0.583. The van der Waals surface area contributed by atoms with Gasteiger partial charge in [-0.3, -0.25) is 4.79 Å². The van der Waals surface area contributed by atoms with E-state index in [1.807, 2.05) is 33.8 Å². The maximum Gasteiger partial charge on any atom is 0.237 e. The quantitative estimate of drug-likeness (QED) is 0.896. The summed E-state index contributed by atoms with van der Waals surface area (Å²) in [6, 6.07) is 3.88. The van der Waals surface area contributed by atoms with Crippen LogP contribution in [-0.2, 0) is 11.3 Å². The summed E-state index contributed by atoms with van der Waals surface area (Å²) in [6.07, 6.45) is 0. The summed E-state index contributed by atoms with van der Waals surface area (Å²) in [5.41, 5.74) is -0.182. The number of thiophene rings is 1. The SMILES string of the molecule is CC(NCc1ccc(Br)s1)C(=O)NC(C)(C)C. The fourth-order valence-electron chi connectivity index (χ4n) is 1.27. The summed E-state index contributed by atoms with van der Waals surface area (Å²) in [7, 11) is 0. The van der Waals surface area contributed by atoms with Crippen LogP contribution in [0.15, 0.2) is 15.9 Å². The van der Waals surface area contributed by atoms with Gasteiger partial charge in [-0.15, -0.1) is 11.3 Å². The first kappa shape index (κ1) is 14.7. The normalized spacial score (nSPS) is 13.5. The highest BCUT2D eigenvalue weighted by atomic mass is 79.9. The fourth-order valence-corrected chi connectivity index (χ4v) is 2.71. The zero-order valence-corrected chi connectivity index (χ0v) is 13.0. The van der Waals surface area contributed by atoms with Gasteiger partial charge >= 0.3 is 0 Å². The van der Waals surface area contributed by atoms with Gasteiger partial charge in [0.2, 0.25) is 5.91 Å². The Bertz CT molecular complexity index is 384. The highest BCUT2D eigenvalue weighted by Gasteiger charge is 2.18. The van der Waals surface area contributed by atoms with E-state index in [-0.39, 0.29) is 17.5 Å². The molecule has 1 amide bonds. The van der Waals surface area contributed by atoms with Crippen LogP contribution in [0.25, 0.3) is 0 Å². The predicted octanol–water partition coefficient (Wildman–Crippen LogP) is 2.90. The standard InChI is InChI=1S/C12H19BrN2OS/c1-8(11(16)15-12(2,3)4)14-7-9-5-6-10(13)17-9/h5-6,8,14H,7H2,1-4H3,(H,15,16). The Morgan fingerprint density at radius 3 is 2.59 bits per heavy atom. The molecule has 0 aliphatic carbocycles. The Hall–Kier alpha value is -0.390. The van der Waals surface area contributed by atoms with Crippen molar-refractivity contribution in [2.45, 2.75) is 45.8 Å². The third-order valence-corrected chi connectivity index (χ3v) is 3.73. The molecule has 0 fully saturated rings. The molecule has 0 spiro atoms. The van der Waals surface area contributed by atoms with Crippen molar-refractivity contribution in [3.05, 3.63) is 20.8 Å². The van der Waals surface area contributed by atoms with Gasteiger partial charge in [0.15, 0.2) is 0 Å². The molecular formula is C12H19BrN2OS. The van der Waals surface area contributed by atoms with Gasteiger partial charge in [-0.25, -0.2) is 0 Å². The summed E-state index contributed by atoms with van der Waals surface area (Å²) < 4.78 is 1.11. The Labute approximate surface area is 115 Å². The lowest BCUT2D eigenvalue weighted by Gasteiger charge is -2.23. The van der Waals surface area contributed by atoms with E-state index in [1.165, 1.54) is 4.88 Å². The second-order valence-corrected chi connectivity index (χ2v) is 7.60. The molecule has 96 valence electrons. The van der Waals surface area contributed by atoms with Gasteiger partial charge in [-0.2, -0.15) is 0 Å². The van der Waals surface area contributed by atoms with E-state index in [1.54, 1.807) is 11.3 Å². The summed E-state index contributed by atoms with van der Waals surface area (Å²) >= 11 is 5.10. The molecule has 0 saturated heterocycles. The summed E-state index contributed by atoms with van der Waals surface area (Å²) in [5, 5.41) is 6.17. The number of carbonyl (C=O) groups excluding carboxylic acids is 1. The molecule has 1 atom stereocenters. The Morgan fingerprint density at radius 2 is 2.12 bits per heavy atom. The molecule has 1 aromatic heterocycles. The Balaban J connectivity index is 2.39. The van der Waals surface area contributed by atoms with Crippen LogP contribution in [0.5, 0.6) is 0 Å².